The molecule has 2 amide bonds. The van der Waals surface area contributed by atoms with Crippen molar-refractivity contribution < 1.29 is 19.1 Å². The van der Waals surface area contributed by atoms with Crippen LogP contribution < -0.4 is 10.6 Å². The molecule has 0 aromatic heterocycles. The van der Waals surface area contributed by atoms with Crippen LogP contribution in [0.15, 0.2) is 54.6 Å². The number of methoxy groups -OCH3 is 1. The van der Waals surface area contributed by atoms with E-state index < -0.39 is 12.0 Å². The second-order valence-corrected chi connectivity index (χ2v) is 6.26. The van der Waals surface area contributed by atoms with Crippen LogP contribution in [-0.4, -0.2) is 31.4 Å². The monoisotopic (exact) mass is 388 g/mol. The number of benzene rings is 2. The fraction of sp³-hybridized carbons (Fsp3) is 0.250. The molecule has 0 aliphatic carbocycles. The number of carbonyl (C=O) groups excluding carboxylic acids is 3. The molecule has 1 atom stereocenters. The molecule has 0 fully saturated rings. The van der Waals surface area contributed by atoms with Crippen molar-refractivity contribution >= 4 is 29.4 Å². The van der Waals surface area contributed by atoms with Crippen LogP contribution in [-0.2, 0) is 14.3 Å². The Labute approximate surface area is 162 Å². The summed E-state index contributed by atoms with van der Waals surface area (Å²) in [6.45, 7) is 0.186. The van der Waals surface area contributed by atoms with Crippen LogP contribution in [0.3, 0.4) is 0 Å². The fourth-order valence-electron chi connectivity index (χ4n) is 2.44. The van der Waals surface area contributed by atoms with Crippen LogP contribution in [0, 0.1) is 0 Å². The van der Waals surface area contributed by atoms with Gasteiger partial charge in [-0.25, -0.2) is 0 Å². The van der Waals surface area contributed by atoms with Gasteiger partial charge in [0, 0.05) is 23.6 Å². The number of nitrogens with one attached hydrogen (secondary N) is 2. The number of halogens is 1. The van der Waals surface area contributed by atoms with E-state index in [2.05, 4.69) is 10.6 Å². The minimum absolute atomic E-state index is 0.000245. The number of carbonyl (C=O) groups is 3. The van der Waals surface area contributed by atoms with Gasteiger partial charge in [0.2, 0.25) is 5.91 Å². The summed E-state index contributed by atoms with van der Waals surface area (Å²) < 4.78 is 4.70. The Bertz CT molecular complexity index is 778. The summed E-state index contributed by atoms with van der Waals surface area (Å²) >= 11 is 5.88. The lowest BCUT2D eigenvalue weighted by Crippen LogP contribution is -2.34. The first-order chi connectivity index (χ1) is 13.0. The van der Waals surface area contributed by atoms with Gasteiger partial charge in [0.25, 0.3) is 5.91 Å². The summed E-state index contributed by atoms with van der Waals surface area (Å²) in [5.74, 6) is -0.966. The van der Waals surface area contributed by atoms with Crippen LogP contribution in [0.4, 0.5) is 0 Å². The Balaban J connectivity index is 1.90. The van der Waals surface area contributed by atoms with E-state index >= 15 is 0 Å². The average Bonchev–Trinajstić information content (AvgIpc) is 2.68. The van der Waals surface area contributed by atoms with Crippen molar-refractivity contribution in [1.29, 1.82) is 0 Å². The zero-order valence-electron chi connectivity index (χ0n) is 14.9. The number of esters is 1. The first kappa shape index (κ1) is 20.5. The van der Waals surface area contributed by atoms with Gasteiger partial charge in [-0.3, -0.25) is 14.4 Å². The molecule has 2 N–H and O–H groups in total. The maximum Gasteiger partial charge on any atom is 0.307 e. The normalized spacial score (nSPS) is 11.3. The minimum atomic E-state index is -0.535. The van der Waals surface area contributed by atoms with Gasteiger partial charge >= 0.3 is 5.97 Å². The van der Waals surface area contributed by atoms with Gasteiger partial charge in [0.05, 0.1) is 19.6 Å². The molecule has 2 rings (SSSR count). The predicted molar refractivity (Wildman–Crippen MR) is 102 cm³/mol. The number of rotatable bonds is 8. The van der Waals surface area contributed by atoms with Gasteiger partial charge in [0.1, 0.15) is 0 Å². The maximum absolute atomic E-state index is 12.2. The standard InChI is InChI=1S/C20H21ClN2O4/c1-27-19(25)13-17(14-7-9-16(21)10-8-14)23-18(24)11-12-22-20(26)15-5-3-2-4-6-15/h2-10,17H,11-13H2,1H3,(H,22,26)(H,23,24). The topological polar surface area (TPSA) is 84.5 Å². The van der Waals surface area contributed by atoms with Gasteiger partial charge in [-0.2, -0.15) is 0 Å². The smallest absolute Gasteiger partial charge is 0.307 e. The Morgan fingerprint density at radius 2 is 1.70 bits per heavy atom. The molecule has 2 aromatic rings. The molecule has 2 aromatic carbocycles. The Kier molecular flexibility index (Phi) is 7.82. The molecule has 7 heteroatoms. The second kappa shape index (κ2) is 10.3. The molecule has 0 saturated heterocycles. The van der Waals surface area contributed by atoms with Gasteiger partial charge < -0.3 is 15.4 Å². The summed E-state index contributed by atoms with van der Waals surface area (Å²) in [4.78, 5) is 35.9. The number of hydrogen-bond acceptors (Lipinski definition) is 4. The average molecular weight is 389 g/mol. The van der Waals surface area contributed by atoms with E-state index in [4.69, 9.17) is 16.3 Å². The summed E-state index contributed by atoms with van der Waals surface area (Å²) in [5, 5.41) is 6.05. The third kappa shape index (κ3) is 6.75. The molecule has 0 heterocycles. The quantitative estimate of drug-likeness (QED) is 0.681. The van der Waals surface area contributed by atoms with E-state index in [-0.39, 0.29) is 31.2 Å². The molecule has 0 radical (unpaired) electrons. The van der Waals surface area contributed by atoms with Gasteiger partial charge in [-0.1, -0.05) is 41.9 Å². The maximum atomic E-state index is 12.2. The van der Waals surface area contributed by atoms with Crippen molar-refractivity contribution in [3.63, 3.8) is 0 Å². The third-order valence-electron chi connectivity index (χ3n) is 3.88. The molecule has 0 spiro atoms. The summed E-state index contributed by atoms with van der Waals surface area (Å²) in [6, 6.07) is 15.1. The molecule has 142 valence electrons. The zero-order valence-corrected chi connectivity index (χ0v) is 15.7. The molecular weight excluding hydrogens is 368 g/mol. The Morgan fingerprint density at radius 1 is 1.04 bits per heavy atom. The fourth-order valence-corrected chi connectivity index (χ4v) is 2.57. The molecule has 0 saturated carbocycles. The first-order valence-corrected chi connectivity index (χ1v) is 8.82. The highest BCUT2D eigenvalue weighted by Crippen LogP contribution is 2.20. The van der Waals surface area contributed by atoms with Crippen molar-refractivity contribution in [1.82, 2.24) is 10.6 Å². The molecule has 0 aliphatic rings. The van der Waals surface area contributed by atoms with Crippen molar-refractivity contribution in [3.05, 3.63) is 70.7 Å². The molecular formula is C20H21ClN2O4. The van der Waals surface area contributed by atoms with Gasteiger partial charge in [-0.15, -0.1) is 0 Å². The highest BCUT2D eigenvalue weighted by Gasteiger charge is 2.19. The van der Waals surface area contributed by atoms with E-state index in [1.165, 1.54) is 7.11 Å². The van der Waals surface area contributed by atoms with Crippen molar-refractivity contribution in [2.45, 2.75) is 18.9 Å². The number of hydrogen-bond donors (Lipinski definition) is 2. The highest BCUT2D eigenvalue weighted by molar-refractivity contribution is 6.30. The van der Waals surface area contributed by atoms with Gasteiger partial charge in [-0.05, 0) is 29.8 Å². The molecule has 27 heavy (non-hydrogen) atoms. The zero-order chi connectivity index (χ0) is 19.6. The lowest BCUT2D eigenvalue weighted by atomic mass is 10.0. The van der Waals surface area contributed by atoms with E-state index in [1.807, 2.05) is 6.07 Å². The molecule has 6 nitrogen and oxygen atoms in total. The van der Waals surface area contributed by atoms with Gasteiger partial charge in [0.15, 0.2) is 0 Å². The van der Waals surface area contributed by atoms with E-state index in [9.17, 15) is 14.4 Å². The largest absolute Gasteiger partial charge is 0.469 e. The lowest BCUT2D eigenvalue weighted by Gasteiger charge is -2.18. The molecule has 0 bridgehead atoms. The number of amides is 2. The minimum Gasteiger partial charge on any atom is -0.469 e. The van der Waals surface area contributed by atoms with E-state index in [0.717, 1.165) is 5.56 Å². The van der Waals surface area contributed by atoms with E-state index in [1.54, 1.807) is 48.5 Å². The van der Waals surface area contributed by atoms with Crippen molar-refractivity contribution in [3.8, 4) is 0 Å². The second-order valence-electron chi connectivity index (χ2n) is 5.82. The first-order valence-electron chi connectivity index (χ1n) is 8.44. The van der Waals surface area contributed by atoms with Crippen LogP contribution in [0.2, 0.25) is 5.02 Å². The van der Waals surface area contributed by atoms with Crippen LogP contribution >= 0.6 is 11.6 Å². The number of ether oxygens (including phenoxy) is 1. The SMILES string of the molecule is COC(=O)CC(NC(=O)CCNC(=O)c1ccccc1)c1ccc(Cl)cc1. The van der Waals surface area contributed by atoms with Crippen LogP contribution in [0.5, 0.6) is 0 Å². The van der Waals surface area contributed by atoms with Crippen molar-refractivity contribution in [2.24, 2.45) is 0 Å². The predicted octanol–water partition coefficient (Wildman–Crippen LogP) is 2.88. The van der Waals surface area contributed by atoms with E-state index in [0.29, 0.717) is 10.6 Å². The third-order valence-corrected chi connectivity index (χ3v) is 4.13. The summed E-state index contributed by atoms with van der Waals surface area (Å²) in [5.41, 5.74) is 1.27. The summed E-state index contributed by atoms with van der Waals surface area (Å²) in [7, 11) is 1.29. The van der Waals surface area contributed by atoms with Crippen LogP contribution in [0.1, 0.15) is 34.8 Å². The Morgan fingerprint density at radius 3 is 2.33 bits per heavy atom. The Hall–Kier alpha value is -2.86. The molecule has 0 aliphatic heterocycles. The highest BCUT2D eigenvalue weighted by atomic mass is 35.5. The van der Waals surface area contributed by atoms with Crippen LogP contribution in [0.25, 0.3) is 0 Å². The lowest BCUT2D eigenvalue weighted by molar-refractivity contribution is -0.141. The molecule has 1 unspecified atom stereocenters. The summed E-state index contributed by atoms with van der Waals surface area (Å²) in [6.07, 6.45) is 0.0874. The van der Waals surface area contributed by atoms with Crippen molar-refractivity contribution in [2.75, 3.05) is 13.7 Å².